The maximum atomic E-state index is 12.2. The topological polar surface area (TPSA) is 101 Å². The number of hydrogen-bond donors (Lipinski definition) is 2. The number of carbonyl (C=O) groups is 2. The van der Waals surface area contributed by atoms with Crippen LogP contribution >= 0.6 is 11.3 Å². The molecule has 24 heavy (non-hydrogen) atoms. The zero-order chi connectivity index (χ0) is 16.9. The van der Waals surface area contributed by atoms with Crippen molar-refractivity contribution in [3.05, 3.63) is 35.6 Å². The Bertz CT molecular complexity index is 718. The number of amides is 3. The second-order valence-corrected chi connectivity index (χ2v) is 6.47. The smallest absolute Gasteiger partial charge is 0.318 e. The summed E-state index contributed by atoms with van der Waals surface area (Å²) in [7, 11) is 0. The summed E-state index contributed by atoms with van der Waals surface area (Å²) in [6, 6.07) is 3.12. The minimum Gasteiger partial charge on any atom is -0.368 e. The molecular formula is C16H19N5O2S. The Balaban J connectivity index is 1.51. The van der Waals surface area contributed by atoms with Gasteiger partial charge in [-0.3, -0.25) is 9.78 Å². The molecular weight excluding hydrogens is 326 g/mol. The highest BCUT2D eigenvalue weighted by atomic mass is 32.1. The standard InChI is InChI=1S/C16H19N5O2S/c17-14(22)13-2-1-9-21(13)16(23)19-8-5-12-10-24-15(20-12)11-3-6-18-7-4-11/h3-4,6-7,10,13H,1-2,5,8-9H2,(H2,17,22)(H,19,23)/t13-/m1/s1. The van der Waals surface area contributed by atoms with E-state index in [1.807, 2.05) is 17.5 Å². The molecule has 3 rings (SSSR count). The lowest BCUT2D eigenvalue weighted by molar-refractivity contribution is -0.121. The van der Waals surface area contributed by atoms with Crippen LogP contribution < -0.4 is 11.1 Å². The second-order valence-electron chi connectivity index (χ2n) is 5.62. The van der Waals surface area contributed by atoms with Gasteiger partial charge in [0.05, 0.1) is 5.69 Å². The van der Waals surface area contributed by atoms with Crippen molar-refractivity contribution < 1.29 is 9.59 Å². The number of nitrogens with two attached hydrogens (primary N) is 1. The van der Waals surface area contributed by atoms with Crippen LogP contribution in [0.4, 0.5) is 4.79 Å². The van der Waals surface area contributed by atoms with Gasteiger partial charge in [-0.15, -0.1) is 11.3 Å². The number of nitrogens with one attached hydrogen (secondary N) is 1. The van der Waals surface area contributed by atoms with E-state index in [-0.39, 0.29) is 6.03 Å². The molecule has 3 N–H and O–H groups in total. The summed E-state index contributed by atoms with van der Waals surface area (Å²) in [5, 5.41) is 5.77. The number of likely N-dealkylation sites (tertiary alicyclic amines) is 1. The van der Waals surface area contributed by atoms with Crippen LogP contribution in [-0.2, 0) is 11.2 Å². The number of rotatable bonds is 5. The fraction of sp³-hybridized carbons (Fsp3) is 0.375. The maximum Gasteiger partial charge on any atom is 0.318 e. The summed E-state index contributed by atoms with van der Waals surface area (Å²) in [5.74, 6) is -0.441. The molecule has 3 amide bonds. The van der Waals surface area contributed by atoms with Crippen LogP contribution in [0.5, 0.6) is 0 Å². The summed E-state index contributed by atoms with van der Waals surface area (Å²) in [6.45, 7) is 1.04. The van der Waals surface area contributed by atoms with E-state index in [0.717, 1.165) is 22.7 Å². The number of hydrogen-bond acceptors (Lipinski definition) is 5. The van der Waals surface area contributed by atoms with Crippen molar-refractivity contribution in [2.45, 2.75) is 25.3 Å². The molecule has 1 aliphatic rings. The third kappa shape index (κ3) is 3.70. The van der Waals surface area contributed by atoms with Crippen LogP contribution in [0.2, 0.25) is 0 Å². The van der Waals surface area contributed by atoms with Crippen molar-refractivity contribution in [3.8, 4) is 10.6 Å². The van der Waals surface area contributed by atoms with Crippen molar-refractivity contribution in [3.63, 3.8) is 0 Å². The van der Waals surface area contributed by atoms with E-state index in [1.165, 1.54) is 4.90 Å². The van der Waals surface area contributed by atoms with Crippen molar-refractivity contribution in [1.29, 1.82) is 0 Å². The Kier molecular flexibility index (Phi) is 5.05. The third-order valence-corrected chi connectivity index (χ3v) is 4.92. The lowest BCUT2D eigenvalue weighted by Crippen LogP contribution is -2.48. The number of urea groups is 1. The normalized spacial score (nSPS) is 17.0. The van der Waals surface area contributed by atoms with Gasteiger partial charge in [0.15, 0.2) is 0 Å². The molecule has 0 aromatic carbocycles. The summed E-state index contributed by atoms with van der Waals surface area (Å²) < 4.78 is 0. The van der Waals surface area contributed by atoms with Crippen LogP contribution in [-0.4, -0.2) is 45.9 Å². The lowest BCUT2D eigenvalue weighted by atomic mass is 10.2. The predicted octanol–water partition coefficient (Wildman–Crippen LogP) is 1.41. The van der Waals surface area contributed by atoms with Crippen LogP contribution in [0.3, 0.4) is 0 Å². The van der Waals surface area contributed by atoms with E-state index < -0.39 is 11.9 Å². The summed E-state index contributed by atoms with van der Waals surface area (Å²) in [6.07, 6.45) is 5.57. The molecule has 0 radical (unpaired) electrons. The maximum absolute atomic E-state index is 12.2. The molecule has 0 aliphatic carbocycles. The molecule has 8 heteroatoms. The van der Waals surface area contributed by atoms with E-state index >= 15 is 0 Å². The second kappa shape index (κ2) is 7.39. The van der Waals surface area contributed by atoms with E-state index in [1.54, 1.807) is 23.7 Å². The summed E-state index contributed by atoms with van der Waals surface area (Å²) in [5.41, 5.74) is 7.29. The van der Waals surface area contributed by atoms with E-state index in [0.29, 0.717) is 25.9 Å². The van der Waals surface area contributed by atoms with Gasteiger partial charge in [-0.05, 0) is 25.0 Å². The molecule has 0 spiro atoms. The number of nitrogens with zero attached hydrogens (tertiary/aromatic N) is 3. The van der Waals surface area contributed by atoms with Gasteiger partial charge in [0.25, 0.3) is 0 Å². The highest BCUT2D eigenvalue weighted by Gasteiger charge is 2.32. The molecule has 1 saturated heterocycles. The predicted molar refractivity (Wildman–Crippen MR) is 91.4 cm³/mol. The third-order valence-electron chi connectivity index (χ3n) is 3.98. The fourth-order valence-electron chi connectivity index (χ4n) is 2.75. The van der Waals surface area contributed by atoms with Gasteiger partial charge in [-0.25, -0.2) is 9.78 Å². The zero-order valence-corrected chi connectivity index (χ0v) is 14.0. The molecule has 1 atom stereocenters. The first kappa shape index (κ1) is 16.4. The molecule has 3 heterocycles. The summed E-state index contributed by atoms with van der Waals surface area (Å²) >= 11 is 1.57. The Morgan fingerprint density at radius 3 is 2.92 bits per heavy atom. The van der Waals surface area contributed by atoms with E-state index in [4.69, 9.17) is 5.73 Å². The molecule has 2 aromatic heterocycles. The van der Waals surface area contributed by atoms with Gasteiger partial charge in [0.2, 0.25) is 5.91 Å². The SMILES string of the molecule is NC(=O)[C@H]1CCCN1C(=O)NCCc1csc(-c2ccncc2)n1. The monoisotopic (exact) mass is 345 g/mol. The van der Waals surface area contributed by atoms with Crippen molar-refractivity contribution in [1.82, 2.24) is 20.2 Å². The molecule has 2 aromatic rings. The van der Waals surface area contributed by atoms with Gasteiger partial charge in [-0.2, -0.15) is 0 Å². The van der Waals surface area contributed by atoms with Gasteiger partial charge in [0.1, 0.15) is 11.0 Å². The fourth-order valence-corrected chi connectivity index (χ4v) is 3.61. The molecule has 7 nitrogen and oxygen atoms in total. The van der Waals surface area contributed by atoms with Gasteiger partial charge < -0.3 is 16.0 Å². The van der Waals surface area contributed by atoms with E-state index in [9.17, 15) is 9.59 Å². The number of primary amides is 1. The number of carbonyl (C=O) groups excluding carboxylic acids is 2. The minimum absolute atomic E-state index is 0.235. The number of pyridine rings is 1. The average molecular weight is 345 g/mol. The molecule has 126 valence electrons. The minimum atomic E-state index is -0.484. The largest absolute Gasteiger partial charge is 0.368 e. The first-order valence-corrected chi connectivity index (χ1v) is 8.71. The van der Waals surface area contributed by atoms with E-state index in [2.05, 4.69) is 15.3 Å². The van der Waals surface area contributed by atoms with Crippen molar-refractivity contribution in [2.24, 2.45) is 5.73 Å². The van der Waals surface area contributed by atoms with Gasteiger partial charge >= 0.3 is 6.03 Å². The average Bonchev–Trinajstić information content (AvgIpc) is 3.25. The number of thiazole rings is 1. The van der Waals surface area contributed by atoms with Crippen molar-refractivity contribution in [2.75, 3.05) is 13.1 Å². The molecule has 1 fully saturated rings. The number of aromatic nitrogens is 2. The van der Waals surface area contributed by atoms with Crippen LogP contribution in [0.15, 0.2) is 29.9 Å². The molecule has 0 saturated carbocycles. The molecule has 0 bridgehead atoms. The van der Waals surface area contributed by atoms with Crippen molar-refractivity contribution >= 4 is 23.3 Å². The van der Waals surface area contributed by atoms with Gasteiger partial charge in [0, 0.05) is 42.8 Å². The summed E-state index contributed by atoms with van der Waals surface area (Å²) in [4.78, 5) is 33.6. The lowest BCUT2D eigenvalue weighted by Gasteiger charge is -2.22. The Labute approximate surface area is 143 Å². The highest BCUT2D eigenvalue weighted by Crippen LogP contribution is 2.23. The first-order chi connectivity index (χ1) is 11.6. The first-order valence-electron chi connectivity index (χ1n) is 7.84. The van der Waals surface area contributed by atoms with Crippen LogP contribution in [0.25, 0.3) is 10.6 Å². The Morgan fingerprint density at radius 1 is 1.38 bits per heavy atom. The Hall–Kier alpha value is -2.48. The molecule has 0 unspecified atom stereocenters. The molecule has 1 aliphatic heterocycles. The highest BCUT2D eigenvalue weighted by molar-refractivity contribution is 7.13. The Morgan fingerprint density at radius 2 is 2.17 bits per heavy atom. The van der Waals surface area contributed by atoms with Crippen LogP contribution in [0, 0.1) is 0 Å². The van der Waals surface area contributed by atoms with Gasteiger partial charge in [-0.1, -0.05) is 0 Å². The quantitative estimate of drug-likeness (QED) is 0.855. The van der Waals surface area contributed by atoms with Crippen LogP contribution in [0.1, 0.15) is 18.5 Å². The zero-order valence-electron chi connectivity index (χ0n) is 13.1.